The number of nitrogens with one attached hydrogen (secondary N) is 2. The summed E-state index contributed by atoms with van der Waals surface area (Å²) in [4.78, 5) is 5.92. The third-order valence-corrected chi connectivity index (χ3v) is 6.96. The zero-order valence-electron chi connectivity index (χ0n) is 16.3. The smallest absolute Gasteiger partial charge is 0.242 e. The molecular weight excluding hydrogens is 380 g/mol. The van der Waals surface area contributed by atoms with Crippen LogP contribution in [0.5, 0.6) is 0 Å². The Bertz CT molecular complexity index is 846. The molecule has 27 heavy (non-hydrogen) atoms. The van der Waals surface area contributed by atoms with E-state index >= 15 is 0 Å². The Balaban J connectivity index is 1.95. The first-order valence-corrected chi connectivity index (χ1v) is 11.1. The predicted molar refractivity (Wildman–Crippen MR) is 113 cm³/mol. The van der Waals surface area contributed by atoms with Gasteiger partial charge in [0.25, 0.3) is 0 Å². The highest BCUT2D eigenvalue weighted by atomic mass is 32.2. The monoisotopic (exact) mass is 408 g/mol. The van der Waals surface area contributed by atoms with Crippen LogP contribution in [0.15, 0.2) is 51.7 Å². The Morgan fingerprint density at radius 2 is 1.93 bits per heavy atom. The fourth-order valence-corrected chi connectivity index (χ4v) is 4.60. The van der Waals surface area contributed by atoms with E-state index in [1.54, 1.807) is 30.5 Å². The van der Waals surface area contributed by atoms with E-state index in [2.05, 4.69) is 40.1 Å². The molecule has 1 aromatic carbocycles. The number of sulfonamides is 1. The summed E-state index contributed by atoms with van der Waals surface area (Å²) in [6.45, 7) is 3.36. The van der Waals surface area contributed by atoms with Gasteiger partial charge in [0.2, 0.25) is 10.0 Å². The van der Waals surface area contributed by atoms with E-state index in [1.807, 2.05) is 12.1 Å². The topological polar surface area (TPSA) is 73.8 Å². The van der Waals surface area contributed by atoms with Gasteiger partial charge in [0.15, 0.2) is 5.96 Å². The first kappa shape index (κ1) is 21.4. The van der Waals surface area contributed by atoms with E-state index in [1.165, 1.54) is 23.3 Å². The number of benzene rings is 1. The van der Waals surface area contributed by atoms with Crippen molar-refractivity contribution in [3.63, 3.8) is 0 Å². The molecule has 1 unspecified atom stereocenters. The van der Waals surface area contributed by atoms with E-state index in [4.69, 9.17) is 0 Å². The molecule has 0 spiro atoms. The lowest BCUT2D eigenvalue weighted by Gasteiger charge is -2.18. The Labute approximate surface area is 166 Å². The summed E-state index contributed by atoms with van der Waals surface area (Å²) in [5.41, 5.74) is 0.709. The molecule has 0 aliphatic carbocycles. The zero-order valence-corrected chi connectivity index (χ0v) is 17.9. The van der Waals surface area contributed by atoms with Crippen molar-refractivity contribution in [2.24, 2.45) is 10.9 Å². The largest absolute Gasteiger partial charge is 0.356 e. The van der Waals surface area contributed by atoms with Crippen LogP contribution in [0, 0.1) is 5.92 Å². The number of rotatable bonds is 8. The van der Waals surface area contributed by atoms with E-state index in [-0.39, 0.29) is 0 Å². The van der Waals surface area contributed by atoms with Crippen molar-refractivity contribution in [1.82, 2.24) is 14.9 Å². The third kappa shape index (κ3) is 6.05. The lowest BCUT2D eigenvalue weighted by atomic mass is 10.1. The van der Waals surface area contributed by atoms with Crippen LogP contribution in [-0.2, 0) is 23.0 Å². The maximum atomic E-state index is 12.5. The summed E-state index contributed by atoms with van der Waals surface area (Å²) < 4.78 is 26.2. The van der Waals surface area contributed by atoms with Crippen LogP contribution >= 0.6 is 11.3 Å². The molecule has 8 heteroatoms. The second-order valence-electron chi connectivity index (χ2n) is 6.59. The highest BCUT2D eigenvalue weighted by Gasteiger charge is 2.20. The van der Waals surface area contributed by atoms with Crippen molar-refractivity contribution < 1.29 is 8.42 Å². The molecule has 0 aliphatic rings. The lowest BCUT2D eigenvalue weighted by Crippen LogP contribution is -2.39. The van der Waals surface area contributed by atoms with Crippen LogP contribution in [0.4, 0.5) is 0 Å². The van der Waals surface area contributed by atoms with Gasteiger partial charge < -0.3 is 10.6 Å². The minimum atomic E-state index is -3.48. The maximum absolute atomic E-state index is 12.5. The molecule has 2 rings (SSSR count). The highest BCUT2D eigenvalue weighted by molar-refractivity contribution is 7.89. The average Bonchev–Trinajstić information content (AvgIpc) is 3.14. The van der Waals surface area contributed by atoms with Crippen LogP contribution in [0.3, 0.4) is 0 Å². The molecular formula is C19H28N4O2S2. The molecule has 2 N–H and O–H groups in total. The molecule has 1 atom stereocenters. The van der Waals surface area contributed by atoms with Crippen LogP contribution < -0.4 is 10.6 Å². The van der Waals surface area contributed by atoms with Crippen molar-refractivity contribution in [2.45, 2.75) is 24.8 Å². The number of aliphatic imine (C=N–C) groups is 1. The van der Waals surface area contributed by atoms with Crippen LogP contribution in [-0.4, -0.2) is 46.4 Å². The van der Waals surface area contributed by atoms with E-state index in [0.29, 0.717) is 28.9 Å². The summed E-state index contributed by atoms with van der Waals surface area (Å²) in [7, 11) is 1.30. The molecule has 0 radical (unpaired) electrons. The first-order chi connectivity index (χ1) is 12.8. The molecule has 1 aromatic heterocycles. The average molecular weight is 409 g/mol. The summed E-state index contributed by atoms with van der Waals surface area (Å²) in [5.74, 6) is 1.12. The van der Waals surface area contributed by atoms with Crippen LogP contribution in [0.25, 0.3) is 0 Å². The van der Waals surface area contributed by atoms with Crippen molar-refractivity contribution in [1.29, 1.82) is 0 Å². The number of hydrogen-bond donors (Lipinski definition) is 2. The molecule has 0 amide bonds. The Hall–Kier alpha value is -1.90. The fourth-order valence-electron chi connectivity index (χ4n) is 2.61. The van der Waals surface area contributed by atoms with Gasteiger partial charge in [-0.2, -0.15) is 0 Å². The van der Waals surface area contributed by atoms with Crippen LogP contribution in [0.2, 0.25) is 0 Å². The fraction of sp³-hybridized carbons (Fsp3) is 0.421. The zero-order chi connectivity index (χ0) is 19.9. The maximum Gasteiger partial charge on any atom is 0.242 e. The van der Waals surface area contributed by atoms with Crippen molar-refractivity contribution in [3.8, 4) is 0 Å². The minimum absolute atomic E-state index is 0.309. The Kier molecular flexibility index (Phi) is 7.82. The number of thiophene rings is 1. The molecule has 0 saturated carbocycles. The summed E-state index contributed by atoms with van der Waals surface area (Å²) in [5, 5.41) is 8.62. The minimum Gasteiger partial charge on any atom is -0.356 e. The standard InChI is InChI=1S/C19H28N4O2S2/c1-15(12-17-9-7-11-26-17)13-21-19(20-2)22-14-16-8-5-6-10-18(16)27(24,25)23(3)4/h5-11,15H,12-14H2,1-4H3,(H2,20,21,22). The van der Waals surface area contributed by atoms with Gasteiger partial charge in [-0.15, -0.1) is 11.3 Å². The number of nitrogens with zero attached hydrogens (tertiary/aromatic N) is 2. The summed E-state index contributed by atoms with van der Waals surface area (Å²) in [6.07, 6.45) is 1.02. The second-order valence-corrected chi connectivity index (χ2v) is 9.74. The van der Waals surface area contributed by atoms with Gasteiger partial charge in [-0.1, -0.05) is 31.2 Å². The van der Waals surface area contributed by atoms with Gasteiger partial charge in [-0.3, -0.25) is 4.99 Å². The van der Waals surface area contributed by atoms with E-state index in [0.717, 1.165) is 13.0 Å². The molecule has 1 heterocycles. The van der Waals surface area contributed by atoms with Crippen molar-refractivity contribution >= 4 is 27.3 Å². The molecule has 6 nitrogen and oxygen atoms in total. The molecule has 0 saturated heterocycles. The van der Waals surface area contributed by atoms with Crippen molar-refractivity contribution in [2.75, 3.05) is 27.7 Å². The Morgan fingerprint density at radius 1 is 1.19 bits per heavy atom. The van der Waals surface area contributed by atoms with Gasteiger partial charge in [0, 0.05) is 39.1 Å². The normalized spacial score (nSPS) is 13.6. The summed E-state index contributed by atoms with van der Waals surface area (Å²) >= 11 is 1.77. The van der Waals surface area contributed by atoms with Gasteiger partial charge in [-0.25, -0.2) is 12.7 Å². The van der Waals surface area contributed by atoms with Gasteiger partial charge >= 0.3 is 0 Å². The van der Waals surface area contributed by atoms with Gasteiger partial charge in [-0.05, 0) is 35.4 Å². The van der Waals surface area contributed by atoms with Crippen LogP contribution in [0.1, 0.15) is 17.4 Å². The Morgan fingerprint density at radius 3 is 2.56 bits per heavy atom. The van der Waals surface area contributed by atoms with Crippen molar-refractivity contribution in [3.05, 3.63) is 52.2 Å². The molecule has 2 aromatic rings. The van der Waals surface area contributed by atoms with Gasteiger partial charge in [0.1, 0.15) is 0 Å². The lowest BCUT2D eigenvalue weighted by molar-refractivity contribution is 0.519. The number of guanidine groups is 1. The predicted octanol–water partition coefficient (Wildman–Crippen LogP) is 2.54. The second kappa shape index (κ2) is 9.87. The molecule has 0 aliphatic heterocycles. The molecule has 0 bridgehead atoms. The van der Waals surface area contributed by atoms with E-state index < -0.39 is 10.0 Å². The third-order valence-electron chi connectivity index (χ3n) is 4.15. The molecule has 148 valence electrons. The highest BCUT2D eigenvalue weighted by Crippen LogP contribution is 2.18. The number of hydrogen-bond acceptors (Lipinski definition) is 4. The SMILES string of the molecule is CN=C(NCc1ccccc1S(=O)(=O)N(C)C)NCC(C)Cc1cccs1. The molecule has 0 fully saturated rings. The first-order valence-electron chi connectivity index (χ1n) is 8.82. The van der Waals surface area contributed by atoms with E-state index in [9.17, 15) is 8.42 Å². The summed E-state index contributed by atoms with van der Waals surface area (Å²) in [6, 6.07) is 11.2. The van der Waals surface area contributed by atoms with Gasteiger partial charge in [0.05, 0.1) is 4.90 Å². The quantitative estimate of drug-likeness (QED) is 0.520.